The Morgan fingerprint density at radius 1 is 0.946 bits per heavy atom. The minimum atomic E-state index is -0.623. The van der Waals surface area contributed by atoms with E-state index in [0.717, 1.165) is 5.56 Å². The smallest absolute Gasteiger partial charge is 0.412 e. The van der Waals surface area contributed by atoms with E-state index in [9.17, 15) is 19.2 Å². The van der Waals surface area contributed by atoms with Crippen LogP contribution in [-0.4, -0.2) is 43.2 Å². The van der Waals surface area contributed by atoms with Crippen LogP contribution in [0.1, 0.15) is 63.9 Å². The van der Waals surface area contributed by atoms with Crippen LogP contribution in [0.3, 0.4) is 0 Å². The highest BCUT2D eigenvalue weighted by atomic mass is 16.6. The number of methoxy groups -OCH3 is 1. The number of benzene rings is 2. The van der Waals surface area contributed by atoms with Crippen molar-refractivity contribution in [3.05, 3.63) is 47.5 Å². The van der Waals surface area contributed by atoms with Gasteiger partial charge < -0.3 is 14.8 Å². The van der Waals surface area contributed by atoms with Crippen LogP contribution in [0.5, 0.6) is 5.75 Å². The molecule has 0 bridgehead atoms. The molecule has 198 valence electrons. The molecule has 0 aromatic heterocycles. The van der Waals surface area contributed by atoms with Crippen molar-refractivity contribution in [3.63, 3.8) is 0 Å². The zero-order valence-electron chi connectivity index (χ0n) is 22.3. The summed E-state index contributed by atoms with van der Waals surface area (Å²) in [4.78, 5) is 51.0. The van der Waals surface area contributed by atoms with Gasteiger partial charge in [0.15, 0.2) is 0 Å². The van der Waals surface area contributed by atoms with E-state index in [1.165, 1.54) is 12.0 Å². The summed E-state index contributed by atoms with van der Waals surface area (Å²) in [5.41, 5.74) is 1.43. The minimum Gasteiger partial charge on any atom is -0.496 e. The predicted octanol–water partition coefficient (Wildman–Crippen LogP) is 5.04. The van der Waals surface area contributed by atoms with Gasteiger partial charge in [-0.05, 0) is 62.6 Å². The molecule has 1 fully saturated rings. The Morgan fingerprint density at radius 3 is 2.05 bits per heavy atom. The van der Waals surface area contributed by atoms with Crippen LogP contribution in [0.15, 0.2) is 36.4 Å². The second kappa shape index (κ2) is 10.5. The zero-order chi connectivity index (χ0) is 27.5. The first kappa shape index (κ1) is 27.5. The molecule has 5 amide bonds. The summed E-state index contributed by atoms with van der Waals surface area (Å²) in [6.45, 7) is 11.5. The Bertz CT molecular complexity index is 1210. The van der Waals surface area contributed by atoms with Crippen LogP contribution in [0.2, 0.25) is 0 Å². The second-order valence-corrected chi connectivity index (χ2v) is 10.7. The molecule has 1 saturated heterocycles. The van der Waals surface area contributed by atoms with Gasteiger partial charge in [0.2, 0.25) is 5.91 Å². The van der Waals surface area contributed by atoms with Crippen molar-refractivity contribution in [2.24, 2.45) is 0 Å². The molecule has 2 aromatic carbocycles. The first-order valence-corrected chi connectivity index (χ1v) is 11.9. The number of carbonyl (C=O) groups excluding carboxylic acids is 4. The Labute approximate surface area is 216 Å². The summed E-state index contributed by atoms with van der Waals surface area (Å²) in [6.07, 6.45) is -0.419. The highest BCUT2D eigenvalue weighted by Gasteiger charge is 2.30. The number of urea groups is 1. The summed E-state index contributed by atoms with van der Waals surface area (Å²) >= 11 is 0. The van der Waals surface area contributed by atoms with Gasteiger partial charge in [-0.15, -0.1) is 0 Å². The molecule has 0 atom stereocenters. The first-order chi connectivity index (χ1) is 17.2. The molecule has 37 heavy (non-hydrogen) atoms. The Kier molecular flexibility index (Phi) is 7.80. The number of imide groups is 1. The monoisotopic (exact) mass is 510 g/mol. The maximum Gasteiger partial charge on any atom is 0.412 e. The molecular formula is C27H34N4O6. The van der Waals surface area contributed by atoms with E-state index in [1.807, 2.05) is 26.8 Å². The van der Waals surface area contributed by atoms with E-state index in [2.05, 4.69) is 16.0 Å². The quantitative estimate of drug-likeness (QED) is 0.517. The van der Waals surface area contributed by atoms with Gasteiger partial charge in [-0.3, -0.25) is 25.1 Å². The number of amides is 5. The van der Waals surface area contributed by atoms with Crippen LogP contribution in [0.25, 0.3) is 0 Å². The fourth-order valence-electron chi connectivity index (χ4n) is 3.78. The van der Waals surface area contributed by atoms with Crippen molar-refractivity contribution >= 4 is 41.0 Å². The van der Waals surface area contributed by atoms with Crippen molar-refractivity contribution in [1.29, 1.82) is 0 Å². The standard InChI is InChI=1S/C27H34N4O6/c1-26(2,3)20-15-18(31-13-12-21(32)30-24(31)34)14-19(22(20)36-7)23(33)28-16-8-10-17(11-9-16)29-25(35)37-27(4,5)6/h8-11,14-15H,12-13H2,1-7H3,(H,28,33)(H,29,35)(H,30,32,34). The fourth-order valence-corrected chi connectivity index (χ4v) is 3.78. The number of hydrogen-bond donors (Lipinski definition) is 3. The molecular weight excluding hydrogens is 476 g/mol. The molecule has 0 saturated carbocycles. The molecule has 1 heterocycles. The molecule has 10 heteroatoms. The highest BCUT2D eigenvalue weighted by Crippen LogP contribution is 2.38. The third-order valence-corrected chi connectivity index (χ3v) is 5.48. The lowest BCUT2D eigenvalue weighted by atomic mass is 9.84. The van der Waals surface area contributed by atoms with Crippen LogP contribution < -0.4 is 25.6 Å². The lowest BCUT2D eigenvalue weighted by Gasteiger charge is -2.30. The Balaban J connectivity index is 1.89. The topological polar surface area (TPSA) is 126 Å². The number of nitrogens with one attached hydrogen (secondary N) is 3. The van der Waals surface area contributed by atoms with E-state index in [1.54, 1.807) is 51.1 Å². The van der Waals surface area contributed by atoms with Crippen LogP contribution in [0.4, 0.5) is 26.7 Å². The van der Waals surface area contributed by atoms with Crippen molar-refractivity contribution in [3.8, 4) is 5.75 Å². The molecule has 2 aromatic rings. The Hall–Kier alpha value is -4.08. The van der Waals surface area contributed by atoms with Gasteiger partial charge in [0, 0.05) is 35.6 Å². The molecule has 0 spiro atoms. The van der Waals surface area contributed by atoms with Gasteiger partial charge in [0.25, 0.3) is 5.91 Å². The number of nitrogens with zero attached hydrogens (tertiary/aromatic N) is 1. The van der Waals surface area contributed by atoms with Crippen molar-refractivity contribution in [2.45, 2.75) is 59.0 Å². The Morgan fingerprint density at radius 2 is 1.54 bits per heavy atom. The van der Waals surface area contributed by atoms with E-state index >= 15 is 0 Å². The number of rotatable bonds is 5. The summed E-state index contributed by atoms with van der Waals surface area (Å²) in [7, 11) is 1.49. The largest absolute Gasteiger partial charge is 0.496 e. The molecule has 3 N–H and O–H groups in total. The van der Waals surface area contributed by atoms with Crippen molar-refractivity contribution < 1.29 is 28.7 Å². The lowest BCUT2D eigenvalue weighted by molar-refractivity contribution is -0.120. The average Bonchev–Trinajstić information content (AvgIpc) is 2.77. The minimum absolute atomic E-state index is 0.161. The van der Waals surface area contributed by atoms with Gasteiger partial charge in [-0.2, -0.15) is 0 Å². The van der Waals surface area contributed by atoms with Gasteiger partial charge >= 0.3 is 12.1 Å². The molecule has 10 nitrogen and oxygen atoms in total. The zero-order valence-corrected chi connectivity index (χ0v) is 22.3. The van der Waals surface area contributed by atoms with Gasteiger partial charge in [-0.1, -0.05) is 20.8 Å². The number of ether oxygens (including phenoxy) is 2. The molecule has 0 aliphatic carbocycles. The van der Waals surface area contributed by atoms with Gasteiger partial charge in [0.05, 0.1) is 12.7 Å². The molecule has 1 aliphatic rings. The number of carbonyl (C=O) groups is 4. The van der Waals surface area contributed by atoms with E-state index in [0.29, 0.717) is 22.8 Å². The fraction of sp³-hybridized carbons (Fsp3) is 0.407. The predicted molar refractivity (Wildman–Crippen MR) is 141 cm³/mol. The lowest BCUT2D eigenvalue weighted by Crippen LogP contribution is -2.49. The molecule has 0 unspecified atom stereocenters. The molecule has 0 radical (unpaired) electrons. The molecule has 3 rings (SSSR count). The van der Waals surface area contributed by atoms with Gasteiger partial charge in [0.1, 0.15) is 11.4 Å². The van der Waals surface area contributed by atoms with Crippen LogP contribution in [0, 0.1) is 0 Å². The third-order valence-electron chi connectivity index (χ3n) is 5.48. The summed E-state index contributed by atoms with van der Waals surface area (Å²) in [5, 5.41) is 7.80. The summed E-state index contributed by atoms with van der Waals surface area (Å²) in [5.74, 6) is -0.385. The highest BCUT2D eigenvalue weighted by molar-refractivity contribution is 6.09. The van der Waals surface area contributed by atoms with E-state index in [-0.39, 0.29) is 24.4 Å². The third kappa shape index (κ3) is 6.99. The van der Waals surface area contributed by atoms with Crippen molar-refractivity contribution in [2.75, 3.05) is 29.2 Å². The second-order valence-electron chi connectivity index (χ2n) is 10.7. The van der Waals surface area contributed by atoms with E-state index in [4.69, 9.17) is 9.47 Å². The number of hydrogen-bond acceptors (Lipinski definition) is 6. The summed E-state index contributed by atoms with van der Waals surface area (Å²) in [6, 6.07) is 9.43. The average molecular weight is 511 g/mol. The maximum atomic E-state index is 13.4. The summed E-state index contributed by atoms with van der Waals surface area (Å²) < 4.78 is 10.9. The SMILES string of the molecule is COc1c(C(=O)Nc2ccc(NC(=O)OC(C)(C)C)cc2)cc(N2CCC(=O)NC2=O)cc1C(C)(C)C. The molecule has 1 aliphatic heterocycles. The van der Waals surface area contributed by atoms with E-state index < -0.39 is 29.0 Å². The number of anilines is 3. The van der Waals surface area contributed by atoms with Crippen LogP contribution >= 0.6 is 0 Å². The normalized spacial score (nSPS) is 14.1. The maximum absolute atomic E-state index is 13.4. The van der Waals surface area contributed by atoms with Crippen molar-refractivity contribution in [1.82, 2.24) is 5.32 Å². The first-order valence-electron chi connectivity index (χ1n) is 11.9. The van der Waals surface area contributed by atoms with Gasteiger partial charge in [-0.25, -0.2) is 9.59 Å². The van der Waals surface area contributed by atoms with Crippen LogP contribution in [-0.2, 0) is 14.9 Å².